The summed E-state index contributed by atoms with van der Waals surface area (Å²) in [5.74, 6) is 0.163. The van der Waals surface area contributed by atoms with Gasteiger partial charge in [-0.05, 0) is 6.92 Å². The first-order valence-corrected chi connectivity index (χ1v) is 5.42. The Bertz CT molecular complexity index is 142. The molecule has 0 amide bonds. The zero-order valence-corrected chi connectivity index (χ0v) is 9.29. The third-order valence-corrected chi connectivity index (χ3v) is 2.69. The van der Waals surface area contributed by atoms with Crippen LogP contribution in [0.5, 0.6) is 0 Å². The van der Waals surface area contributed by atoms with E-state index in [2.05, 4.69) is 13.2 Å². The molecule has 13 heavy (non-hydrogen) atoms. The summed E-state index contributed by atoms with van der Waals surface area (Å²) in [6.07, 6.45) is 3.57. The SMILES string of the molecule is C=CC(C=C)CO[Si](OC)OCC. The van der Waals surface area contributed by atoms with Gasteiger partial charge in [0.05, 0.1) is 0 Å². The lowest BCUT2D eigenvalue weighted by atomic mass is 10.2. The molecule has 0 bridgehead atoms. The molecule has 4 heteroatoms. The van der Waals surface area contributed by atoms with Crippen molar-refractivity contribution in [2.24, 2.45) is 5.92 Å². The van der Waals surface area contributed by atoms with Crippen molar-refractivity contribution >= 4 is 9.53 Å². The average Bonchev–Trinajstić information content (AvgIpc) is 2.17. The molecule has 0 saturated heterocycles. The second-order valence-electron chi connectivity index (χ2n) is 2.33. The summed E-state index contributed by atoms with van der Waals surface area (Å²) in [7, 11) is 0.0388. The number of rotatable bonds is 8. The lowest BCUT2D eigenvalue weighted by molar-refractivity contribution is 0.113. The molecule has 0 rings (SSSR count). The second kappa shape index (κ2) is 8.19. The quantitative estimate of drug-likeness (QED) is 0.441. The summed E-state index contributed by atoms with van der Waals surface area (Å²) in [5.41, 5.74) is 0. The van der Waals surface area contributed by atoms with Crippen molar-refractivity contribution in [2.45, 2.75) is 6.92 Å². The molecule has 0 aliphatic rings. The van der Waals surface area contributed by atoms with Crippen LogP contribution in [0.4, 0.5) is 0 Å². The van der Waals surface area contributed by atoms with E-state index in [1.807, 2.05) is 6.92 Å². The Balaban J connectivity index is 3.68. The van der Waals surface area contributed by atoms with Gasteiger partial charge in [0.1, 0.15) is 0 Å². The highest BCUT2D eigenvalue weighted by Crippen LogP contribution is 2.01. The van der Waals surface area contributed by atoms with Crippen LogP contribution in [0.25, 0.3) is 0 Å². The average molecular weight is 201 g/mol. The molecule has 0 aliphatic heterocycles. The fourth-order valence-corrected chi connectivity index (χ4v) is 1.56. The molecular weight excluding hydrogens is 184 g/mol. The van der Waals surface area contributed by atoms with Gasteiger partial charge < -0.3 is 13.3 Å². The van der Waals surface area contributed by atoms with Crippen molar-refractivity contribution in [3.63, 3.8) is 0 Å². The van der Waals surface area contributed by atoms with E-state index < -0.39 is 9.53 Å². The molecular formula is C9H17O3Si. The first-order chi connectivity index (χ1) is 6.28. The highest BCUT2D eigenvalue weighted by molar-refractivity contribution is 6.36. The van der Waals surface area contributed by atoms with Crippen molar-refractivity contribution in [1.82, 2.24) is 0 Å². The fraction of sp³-hybridized carbons (Fsp3) is 0.556. The van der Waals surface area contributed by atoms with Gasteiger partial charge in [0.25, 0.3) is 0 Å². The van der Waals surface area contributed by atoms with Gasteiger partial charge in [0.2, 0.25) is 0 Å². The molecule has 0 atom stereocenters. The van der Waals surface area contributed by atoms with Crippen LogP contribution in [0.15, 0.2) is 25.3 Å². The van der Waals surface area contributed by atoms with Crippen LogP contribution in [0.3, 0.4) is 0 Å². The Kier molecular flexibility index (Phi) is 7.92. The van der Waals surface area contributed by atoms with E-state index in [0.717, 1.165) is 0 Å². The van der Waals surface area contributed by atoms with E-state index in [0.29, 0.717) is 13.2 Å². The Morgan fingerprint density at radius 1 is 1.31 bits per heavy atom. The molecule has 0 aliphatic carbocycles. The standard InChI is InChI=1S/C9H17O3Si/c1-5-9(6-2)8-12-13(10-4)11-7-3/h5-6,9H,1-2,7-8H2,3-4H3. The normalized spacial score (nSPS) is 10.8. The Morgan fingerprint density at radius 2 is 1.92 bits per heavy atom. The zero-order chi connectivity index (χ0) is 10.1. The topological polar surface area (TPSA) is 27.7 Å². The first-order valence-electron chi connectivity index (χ1n) is 4.20. The zero-order valence-electron chi connectivity index (χ0n) is 8.29. The fourth-order valence-electron chi connectivity index (χ4n) is 0.674. The van der Waals surface area contributed by atoms with E-state index in [4.69, 9.17) is 13.3 Å². The van der Waals surface area contributed by atoms with Crippen LogP contribution >= 0.6 is 0 Å². The summed E-state index contributed by atoms with van der Waals surface area (Å²) < 4.78 is 15.6. The van der Waals surface area contributed by atoms with E-state index in [-0.39, 0.29) is 5.92 Å². The van der Waals surface area contributed by atoms with Gasteiger partial charge in [-0.15, -0.1) is 13.2 Å². The van der Waals surface area contributed by atoms with Gasteiger partial charge in [-0.2, -0.15) is 0 Å². The minimum absolute atomic E-state index is 0.163. The van der Waals surface area contributed by atoms with Gasteiger partial charge in [-0.25, -0.2) is 0 Å². The molecule has 0 unspecified atom stereocenters. The largest absolute Gasteiger partial charge is 0.577 e. The maximum absolute atomic E-state index is 5.39. The molecule has 0 fully saturated rings. The van der Waals surface area contributed by atoms with E-state index >= 15 is 0 Å². The van der Waals surface area contributed by atoms with E-state index in [9.17, 15) is 0 Å². The van der Waals surface area contributed by atoms with Crippen molar-refractivity contribution in [3.8, 4) is 0 Å². The third-order valence-electron chi connectivity index (χ3n) is 1.43. The number of hydrogen-bond acceptors (Lipinski definition) is 3. The summed E-state index contributed by atoms with van der Waals surface area (Å²) >= 11 is 0. The van der Waals surface area contributed by atoms with Crippen molar-refractivity contribution in [1.29, 1.82) is 0 Å². The van der Waals surface area contributed by atoms with E-state index in [1.165, 1.54) is 0 Å². The van der Waals surface area contributed by atoms with Gasteiger partial charge in [0, 0.05) is 26.2 Å². The van der Waals surface area contributed by atoms with Crippen molar-refractivity contribution in [3.05, 3.63) is 25.3 Å². The molecule has 0 aromatic heterocycles. The Morgan fingerprint density at radius 3 is 2.31 bits per heavy atom. The van der Waals surface area contributed by atoms with Crippen LogP contribution in [0.1, 0.15) is 6.92 Å². The van der Waals surface area contributed by atoms with Crippen LogP contribution in [-0.4, -0.2) is 29.9 Å². The van der Waals surface area contributed by atoms with Gasteiger partial charge in [0.15, 0.2) is 0 Å². The molecule has 0 saturated carbocycles. The molecule has 3 nitrogen and oxygen atoms in total. The summed E-state index contributed by atoms with van der Waals surface area (Å²) in [6, 6.07) is 0. The maximum atomic E-state index is 5.39. The summed E-state index contributed by atoms with van der Waals surface area (Å²) in [4.78, 5) is 0. The van der Waals surface area contributed by atoms with Crippen LogP contribution in [0.2, 0.25) is 0 Å². The summed E-state index contributed by atoms with van der Waals surface area (Å²) in [6.45, 7) is 10.4. The maximum Gasteiger partial charge on any atom is 0.577 e. The summed E-state index contributed by atoms with van der Waals surface area (Å²) in [5, 5.41) is 0. The molecule has 75 valence electrons. The number of hydrogen-bond donors (Lipinski definition) is 0. The van der Waals surface area contributed by atoms with Crippen molar-refractivity contribution < 1.29 is 13.3 Å². The lowest BCUT2D eigenvalue weighted by Gasteiger charge is -2.13. The van der Waals surface area contributed by atoms with Crippen LogP contribution < -0.4 is 0 Å². The molecule has 1 radical (unpaired) electrons. The molecule has 0 aromatic rings. The van der Waals surface area contributed by atoms with Gasteiger partial charge in [-0.1, -0.05) is 12.2 Å². The van der Waals surface area contributed by atoms with E-state index in [1.54, 1.807) is 19.3 Å². The highest BCUT2D eigenvalue weighted by atomic mass is 28.3. The first kappa shape index (κ1) is 12.6. The Labute approximate surface area is 82.0 Å². The minimum atomic E-state index is -1.55. The van der Waals surface area contributed by atoms with Crippen LogP contribution in [-0.2, 0) is 13.3 Å². The smallest absolute Gasteiger partial charge is 0.375 e. The van der Waals surface area contributed by atoms with Crippen LogP contribution in [0, 0.1) is 5.92 Å². The minimum Gasteiger partial charge on any atom is -0.375 e. The monoisotopic (exact) mass is 201 g/mol. The molecule has 0 N–H and O–H groups in total. The molecule has 0 spiro atoms. The molecule has 0 heterocycles. The second-order valence-corrected chi connectivity index (χ2v) is 3.82. The Hall–Kier alpha value is -0.423. The highest BCUT2D eigenvalue weighted by Gasteiger charge is 2.16. The predicted molar refractivity (Wildman–Crippen MR) is 54.2 cm³/mol. The lowest BCUT2D eigenvalue weighted by Crippen LogP contribution is -2.27. The predicted octanol–water partition coefficient (Wildman–Crippen LogP) is 1.66. The van der Waals surface area contributed by atoms with Gasteiger partial charge >= 0.3 is 9.53 Å². The third kappa shape index (κ3) is 5.76. The van der Waals surface area contributed by atoms with Crippen molar-refractivity contribution in [2.75, 3.05) is 20.3 Å². The van der Waals surface area contributed by atoms with Gasteiger partial charge in [-0.3, -0.25) is 0 Å². The molecule has 0 aromatic carbocycles.